The van der Waals surface area contributed by atoms with Crippen molar-refractivity contribution in [2.75, 3.05) is 19.4 Å². The van der Waals surface area contributed by atoms with E-state index in [-0.39, 0.29) is 37.7 Å². The van der Waals surface area contributed by atoms with Gasteiger partial charge in [0.05, 0.1) is 0 Å². The van der Waals surface area contributed by atoms with Gasteiger partial charge in [-0.15, -0.1) is 13.2 Å². The van der Waals surface area contributed by atoms with Gasteiger partial charge in [-0.3, -0.25) is 4.90 Å². The van der Waals surface area contributed by atoms with Gasteiger partial charge in [0, 0.05) is 19.4 Å². The number of hydrogen-bond acceptors (Lipinski definition) is 4. The van der Waals surface area contributed by atoms with Crippen LogP contribution in [-0.2, 0) is 4.57 Å². The van der Waals surface area contributed by atoms with E-state index in [4.69, 9.17) is 0 Å². The van der Waals surface area contributed by atoms with Crippen LogP contribution in [0.25, 0.3) is 0 Å². The first kappa shape index (κ1) is 16.3. The fourth-order valence-corrected chi connectivity index (χ4v) is 1.52. The Morgan fingerprint density at radius 1 is 1.23 bits per heavy atom. The van der Waals surface area contributed by atoms with Gasteiger partial charge in [0.2, 0.25) is 0 Å². The van der Waals surface area contributed by atoms with Gasteiger partial charge in [0.15, 0.2) is 0 Å². The van der Waals surface area contributed by atoms with Crippen molar-refractivity contribution in [1.29, 1.82) is 0 Å². The van der Waals surface area contributed by atoms with E-state index in [2.05, 4.69) is 13.2 Å². The molecule has 0 aromatic carbocycles. The molecule has 0 aromatic heterocycles. The van der Waals surface area contributed by atoms with Gasteiger partial charge in [-0.1, -0.05) is 19.7 Å². The van der Waals surface area contributed by atoms with E-state index in [1.165, 1.54) is 4.90 Å². The first-order chi connectivity index (χ1) is 5.49. The minimum atomic E-state index is -4.45. The SMILES string of the molecule is C=CCN(CC=C)CP(=O)([O-])[O-].[Ca+2]. The van der Waals surface area contributed by atoms with Gasteiger partial charge >= 0.3 is 37.7 Å². The number of hydrogen-bond donors (Lipinski definition) is 0. The maximum absolute atomic E-state index is 10.4. The van der Waals surface area contributed by atoms with Crippen LogP contribution in [-0.4, -0.2) is 62.0 Å². The van der Waals surface area contributed by atoms with Crippen LogP contribution >= 0.6 is 7.60 Å². The van der Waals surface area contributed by atoms with E-state index in [1.807, 2.05) is 0 Å². The Morgan fingerprint density at radius 3 is 1.85 bits per heavy atom. The van der Waals surface area contributed by atoms with Crippen molar-refractivity contribution >= 4 is 45.3 Å². The summed E-state index contributed by atoms with van der Waals surface area (Å²) in [5.74, 6) is 0. The quantitative estimate of drug-likeness (QED) is 0.338. The molecule has 0 aromatic rings. The Balaban J connectivity index is 0. The van der Waals surface area contributed by atoms with Crippen molar-refractivity contribution in [2.24, 2.45) is 0 Å². The summed E-state index contributed by atoms with van der Waals surface area (Å²) in [6.45, 7) is 7.64. The summed E-state index contributed by atoms with van der Waals surface area (Å²) >= 11 is 0. The van der Waals surface area contributed by atoms with Gasteiger partial charge in [-0.25, -0.2) is 0 Å². The number of rotatable bonds is 6. The zero-order valence-electron chi connectivity index (χ0n) is 7.52. The van der Waals surface area contributed by atoms with Crippen LogP contribution in [0.1, 0.15) is 0 Å². The van der Waals surface area contributed by atoms with E-state index in [0.717, 1.165) is 0 Å². The number of nitrogens with zero attached hydrogens (tertiary/aromatic N) is 1. The van der Waals surface area contributed by atoms with E-state index < -0.39 is 13.9 Å². The molecule has 0 aliphatic carbocycles. The van der Waals surface area contributed by atoms with Gasteiger partial charge in [0.1, 0.15) is 0 Å². The molecular weight excluding hydrogens is 217 g/mol. The molecule has 0 saturated carbocycles. The first-order valence-electron chi connectivity index (χ1n) is 3.45. The molecule has 6 heteroatoms. The van der Waals surface area contributed by atoms with E-state index in [9.17, 15) is 14.4 Å². The van der Waals surface area contributed by atoms with Crippen LogP contribution in [0.3, 0.4) is 0 Å². The molecule has 0 atom stereocenters. The summed E-state index contributed by atoms with van der Waals surface area (Å²) in [7, 11) is -4.45. The molecule has 0 aliphatic heterocycles. The molecule has 0 bridgehead atoms. The Bertz CT molecular complexity index is 194. The van der Waals surface area contributed by atoms with Crippen LogP contribution in [0.4, 0.5) is 0 Å². The molecule has 0 radical (unpaired) electrons. The standard InChI is InChI=1S/C7H14NO3P.Ca/c1-3-5-8(6-4-2)7-12(9,10)11;/h3-4H,1-2,5-7H2,(H2,9,10,11);/q;+2/p-2. The summed E-state index contributed by atoms with van der Waals surface area (Å²) in [5, 5.41) is 0. The van der Waals surface area contributed by atoms with Gasteiger partial charge in [-0.2, -0.15) is 0 Å². The van der Waals surface area contributed by atoms with Crippen LogP contribution in [0.5, 0.6) is 0 Å². The van der Waals surface area contributed by atoms with Crippen LogP contribution in [0.2, 0.25) is 0 Å². The fraction of sp³-hybridized carbons (Fsp3) is 0.429. The molecule has 4 nitrogen and oxygen atoms in total. The predicted molar refractivity (Wildman–Crippen MR) is 50.2 cm³/mol. The average molecular weight is 229 g/mol. The molecular formula is C7H12CaNO3P. The average Bonchev–Trinajstić information content (AvgIpc) is 1.84. The smallest absolute Gasteiger partial charge is 0.810 e. The molecule has 0 amide bonds. The molecule has 0 heterocycles. The minimum Gasteiger partial charge on any atom is -0.810 e. The monoisotopic (exact) mass is 229 g/mol. The van der Waals surface area contributed by atoms with Gasteiger partial charge in [-0.05, 0) is 0 Å². The topological polar surface area (TPSA) is 66.4 Å². The zero-order chi connectivity index (χ0) is 9.61. The second-order valence-electron chi connectivity index (χ2n) is 2.37. The summed E-state index contributed by atoms with van der Waals surface area (Å²) < 4.78 is 10.4. The predicted octanol–water partition coefficient (Wildman–Crippen LogP) is -0.849. The molecule has 0 saturated heterocycles. The maximum atomic E-state index is 10.4. The Morgan fingerprint density at radius 2 is 1.62 bits per heavy atom. The van der Waals surface area contributed by atoms with Crippen molar-refractivity contribution in [3.63, 3.8) is 0 Å². The van der Waals surface area contributed by atoms with Crippen molar-refractivity contribution in [2.45, 2.75) is 0 Å². The second-order valence-corrected chi connectivity index (χ2v) is 3.87. The summed E-state index contributed by atoms with van der Waals surface area (Å²) in [4.78, 5) is 22.2. The van der Waals surface area contributed by atoms with Gasteiger partial charge < -0.3 is 14.4 Å². The normalized spacial score (nSPS) is 10.7. The molecule has 0 spiro atoms. The van der Waals surface area contributed by atoms with E-state index in [1.54, 1.807) is 12.2 Å². The third-order valence-corrected chi connectivity index (χ3v) is 1.89. The molecule has 0 rings (SSSR count). The van der Waals surface area contributed by atoms with Crippen LogP contribution in [0.15, 0.2) is 25.3 Å². The third kappa shape index (κ3) is 10.8. The molecule has 0 fully saturated rings. The van der Waals surface area contributed by atoms with Crippen LogP contribution in [0, 0.1) is 0 Å². The molecule has 0 N–H and O–H groups in total. The van der Waals surface area contributed by atoms with Crippen molar-refractivity contribution in [3.8, 4) is 0 Å². The van der Waals surface area contributed by atoms with Crippen molar-refractivity contribution in [1.82, 2.24) is 4.90 Å². The Hall–Kier alpha value is 0.850. The van der Waals surface area contributed by atoms with Crippen molar-refractivity contribution < 1.29 is 14.4 Å². The largest absolute Gasteiger partial charge is 2.00 e. The zero-order valence-corrected chi connectivity index (χ0v) is 10.6. The van der Waals surface area contributed by atoms with Crippen molar-refractivity contribution in [3.05, 3.63) is 25.3 Å². The second kappa shape index (κ2) is 8.18. The fourth-order valence-electron chi connectivity index (χ4n) is 0.800. The van der Waals surface area contributed by atoms with E-state index in [0.29, 0.717) is 13.1 Å². The van der Waals surface area contributed by atoms with Crippen LogP contribution < -0.4 is 9.79 Å². The van der Waals surface area contributed by atoms with Gasteiger partial charge in [0.25, 0.3) is 0 Å². The summed E-state index contributed by atoms with van der Waals surface area (Å²) in [5.41, 5.74) is 0. The minimum absolute atomic E-state index is 0. The Labute approximate surface area is 108 Å². The molecule has 70 valence electrons. The molecule has 0 aliphatic rings. The molecule has 0 unspecified atom stereocenters. The summed E-state index contributed by atoms with van der Waals surface area (Å²) in [6.07, 6.45) is 2.61. The first-order valence-corrected chi connectivity index (χ1v) is 5.17. The molecule has 13 heavy (non-hydrogen) atoms. The third-order valence-electron chi connectivity index (χ3n) is 1.15. The maximum Gasteiger partial charge on any atom is 2.00 e. The van der Waals surface area contributed by atoms with E-state index >= 15 is 0 Å². The Kier molecular flexibility index (Phi) is 10.3. The summed E-state index contributed by atoms with van der Waals surface area (Å²) in [6, 6.07) is 0.